The number of thioether (sulfide) groups is 1. The second-order valence-corrected chi connectivity index (χ2v) is 8.97. The number of likely N-dealkylation sites (tertiary alicyclic amines) is 1. The van der Waals surface area contributed by atoms with Crippen molar-refractivity contribution in [3.05, 3.63) is 57.5 Å². The van der Waals surface area contributed by atoms with Gasteiger partial charge in [-0.2, -0.15) is 11.3 Å². The van der Waals surface area contributed by atoms with E-state index in [1.165, 1.54) is 28.5 Å². The van der Waals surface area contributed by atoms with E-state index in [1.54, 1.807) is 11.3 Å². The number of rotatable bonds is 5. The van der Waals surface area contributed by atoms with Gasteiger partial charge in [-0.25, -0.2) is 0 Å². The van der Waals surface area contributed by atoms with Crippen molar-refractivity contribution in [2.75, 3.05) is 12.3 Å². The Kier molecular flexibility index (Phi) is 5.55. The topological polar surface area (TPSA) is 51.0 Å². The highest BCUT2D eigenvalue weighted by molar-refractivity contribution is 7.99. The van der Waals surface area contributed by atoms with Gasteiger partial charge in [0, 0.05) is 6.54 Å². The SMILES string of the molecule is Cc1ccc(C)c(-n2c(C)nnc2SCC(=O)N2CCCC2c2ccsc2)c1. The fourth-order valence-corrected chi connectivity index (χ4v) is 5.34. The molecular weight excluding hydrogens is 388 g/mol. The zero-order valence-electron chi connectivity index (χ0n) is 16.4. The third-order valence-corrected chi connectivity index (χ3v) is 6.84. The van der Waals surface area contributed by atoms with Crippen molar-refractivity contribution in [3.63, 3.8) is 0 Å². The first-order valence-corrected chi connectivity index (χ1v) is 11.4. The number of aromatic nitrogens is 3. The highest BCUT2D eigenvalue weighted by Crippen LogP contribution is 2.34. The number of hydrogen-bond donors (Lipinski definition) is 0. The maximum Gasteiger partial charge on any atom is 0.233 e. The molecule has 4 rings (SSSR count). The van der Waals surface area contributed by atoms with Gasteiger partial charge in [0.15, 0.2) is 5.16 Å². The lowest BCUT2D eigenvalue weighted by Gasteiger charge is -2.24. The van der Waals surface area contributed by atoms with E-state index in [1.807, 2.05) is 11.8 Å². The molecule has 1 fully saturated rings. The summed E-state index contributed by atoms with van der Waals surface area (Å²) in [5.74, 6) is 1.39. The van der Waals surface area contributed by atoms with E-state index in [0.717, 1.165) is 36.1 Å². The van der Waals surface area contributed by atoms with Gasteiger partial charge in [0.2, 0.25) is 5.91 Å². The molecule has 0 aliphatic carbocycles. The summed E-state index contributed by atoms with van der Waals surface area (Å²) in [7, 11) is 0. The fraction of sp³-hybridized carbons (Fsp3) is 0.381. The van der Waals surface area contributed by atoms with Crippen LogP contribution in [0, 0.1) is 20.8 Å². The third-order valence-electron chi connectivity index (χ3n) is 5.23. The zero-order chi connectivity index (χ0) is 19.7. The van der Waals surface area contributed by atoms with E-state index in [0.29, 0.717) is 5.75 Å². The van der Waals surface area contributed by atoms with Crippen LogP contribution in [-0.4, -0.2) is 37.9 Å². The van der Waals surface area contributed by atoms with Crippen molar-refractivity contribution in [3.8, 4) is 5.69 Å². The molecule has 1 aliphatic heterocycles. The van der Waals surface area contributed by atoms with Crippen molar-refractivity contribution in [2.45, 2.75) is 44.8 Å². The molecule has 0 N–H and O–H groups in total. The maximum absolute atomic E-state index is 13.0. The standard InChI is InChI=1S/C21H24N4OS2/c1-14-6-7-15(2)19(11-14)25-16(3)22-23-21(25)28-13-20(26)24-9-4-5-18(24)17-8-10-27-12-17/h6-8,10-12,18H,4-5,9,13H2,1-3H3. The summed E-state index contributed by atoms with van der Waals surface area (Å²) in [6.07, 6.45) is 2.11. The number of carbonyl (C=O) groups is 1. The predicted octanol–water partition coefficient (Wildman–Crippen LogP) is 4.71. The molecule has 0 radical (unpaired) electrons. The van der Waals surface area contributed by atoms with E-state index in [9.17, 15) is 4.79 Å². The smallest absolute Gasteiger partial charge is 0.233 e. The number of nitrogens with zero attached hydrogens (tertiary/aromatic N) is 4. The van der Waals surface area contributed by atoms with Crippen molar-refractivity contribution < 1.29 is 4.79 Å². The second kappa shape index (κ2) is 8.09. The van der Waals surface area contributed by atoms with Gasteiger partial charge in [-0.05, 0) is 73.2 Å². The maximum atomic E-state index is 13.0. The lowest BCUT2D eigenvalue weighted by Crippen LogP contribution is -2.31. The van der Waals surface area contributed by atoms with Gasteiger partial charge in [-0.15, -0.1) is 10.2 Å². The van der Waals surface area contributed by atoms with E-state index in [2.05, 4.69) is 63.6 Å². The molecule has 0 spiro atoms. The lowest BCUT2D eigenvalue weighted by molar-refractivity contribution is -0.129. The first-order valence-electron chi connectivity index (χ1n) is 9.48. The van der Waals surface area contributed by atoms with Crippen molar-refractivity contribution in [1.82, 2.24) is 19.7 Å². The molecule has 5 nitrogen and oxygen atoms in total. The predicted molar refractivity (Wildman–Crippen MR) is 114 cm³/mol. The van der Waals surface area contributed by atoms with Crippen LogP contribution >= 0.6 is 23.1 Å². The van der Waals surface area contributed by atoms with Crippen molar-refractivity contribution in [2.24, 2.45) is 0 Å². The molecule has 1 aromatic carbocycles. The van der Waals surface area contributed by atoms with Crippen LogP contribution in [-0.2, 0) is 4.79 Å². The number of aryl methyl sites for hydroxylation is 3. The molecule has 3 heterocycles. The van der Waals surface area contributed by atoms with Crippen LogP contribution in [0.3, 0.4) is 0 Å². The van der Waals surface area contributed by atoms with Gasteiger partial charge in [0.25, 0.3) is 0 Å². The van der Waals surface area contributed by atoms with Crippen LogP contribution in [0.2, 0.25) is 0 Å². The lowest BCUT2D eigenvalue weighted by atomic mass is 10.1. The first-order chi connectivity index (χ1) is 13.5. The molecule has 1 saturated heterocycles. The van der Waals surface area contributed by atoms with Crippen LogP contribution in [0.15, 0.2) is 40.2 Å². The van der Waals surface area contributed by atoms with Gasteiger partial charge in [-0.1, -0.05) is 23.9 Å². The Hall–Kier alpha value is -2.12. The molecule has 1 aliphatic rings. The first kappa shape index (κ1) is 19.2. The van der Waals surface area contributed by atoms with Gasteiger partial charge in [0.1, 0.15) is 5.82 Å². The number of hydrogen-bond acceptors (Lipinski definition) is 5. The molecule has 0 saturated carbocycles. The van der Waals surface area contributed by atoms with Crippen LogP contribution in [0.1, 0.15) is 41.4 Å². The molecule has 0 bridgehead atoms. The Morgan fingerprint density at radius 2 is 2.11 bits per heavy atom. The monoisotopic (exact) mass is 412 g/mol. The molecule has 146 valence electrons. The number of amides is 1. The summed E-state index contributed by atoms with van der Waals surface area (Å²) in [4.78, 5) is 15.0. The second-order valence-electron chi connectivity index (χ2n) is 7.25. The summed E-state index contributed by atoms with van der Waals surface area (Å²) in [6, 6.07) is 8.71. The van der Waals surface area contributed by atoms with Crippen LogP contribution < -0.4 is 0 Å². The summed E-state index contributed by atoms with van der Waals surface area (Å²) in [6.45, 7) is 6.96. The Morgan fingerprint density at radius 3 is 2.89 bits per heavy atom. The molecule has 2 aromatic heterocycles. The normalized spacial score (nSPS) is 16.7. The number of benzene rings is 1. The summed E-state index contributed by atoms with van der Waals surface area (Å²) in [5.41, 5.74) is 4.69. The minimum atomic E-state index is 0.173. The zero-order valence-corrected chi connectivity index (χ0v) is 18.0. The summed E-state index contributed by atoms with van der Waals surface area (Å²) in [5, 5.41) is 13.6. The van der Waals surface area contributed by atoms with Crippen LogP contribution in [0.25, 0.3) is 5.69 Å². The van der Waals surface area contributed by atoms with Crippen LogP contribution in [0.5, 0.6) is 0 Å². The Bertz CT molecular complexity index is 980. The van der Waals surface area contributed by atoms with E-state index in [4.69, 9.17) is 0 Å². The third kappa shape index (κ3) is 3.73. The molecule has 1 unspecified atom stereocenters. The Labute approximate surface area is 173 Å². The van der Waals surface area contributed by atoms with Gasteiger partial charge in [0.05, 0.1) is 17.5 Å². The molecule has 1 amide bonds. The van der Waals surface area contributed by atoms with Gasteiger partial charge < -0.3 is 4.90 Å². The highest BCUT2D eigenvalue weighted by Gasteiger charge is 2.30. The Morgan fingerprint density at radius 1 is 1.25 bits per heavy atom. The van der Waals surface area contributed by atoms with Crippen molar-refractivity contribution in [1.29, 1.82) is 0 Å². The van der Waals surface area contributed by atoms with E-state index < -0.39 is 0 Å². The summed E-state index contributed by atoms with van der Waals surface area (Å²) >= 11 is 3.16. The Balaban J connectivity index is 1.51. The number of thiophene rings is 1. The molecule has 28 heavy (non-hydrogen) atoms. The average molecular weight is 413 g/mol. The largest absolute Gasteiger partial charge is 0.335 e. The number of carbonyl (C=O) groups excluding carboxylic acids is 1. The molecular formula is C21H24N4OS2. The fourth-order valence-electron chi connectivity index (χ4n) is 3.76. The van der Waals surface area contributed by atoms with Crippen LogP contribution in [0.4, 0.5) is 0 Å². The molecule has 1 atom stereocenters. The van der Waals surface area contributed by atoms with Gasteiger partial charge >= 0.3 is 0 Å². The van der Waals surface area contributed by atoms with E-state index >= 15 is 0 Å². The molecule has 7 heteroatoms. The molecule has 3 aromatic rings. The quantitative estimate of drug-likeness (QED) is 0.570. The minimum Gasteiger partial charge on any atom is -0.335 e. The highest BCUT2D eigenvalue weighted by atomic mass is 32.2. The van der Waals surface area contributed by atoms with Gasteiger partial charge in [-0.3, -0.25) is 9.36 Å². The minimum absolute atomic E-state index is 0.173. The average Bonchev–Trinajstić information content (AvgIpc) is 3.42. The van der Waals surface area contributed by atoms with Crippen molar-refractivity contribution >= 4 is 29.0 Å². The van der Waals surface area contributed by atoms with E-state index in [-0.39, 0.29) is 11.9 Å². The summed E-state index contributed by atoms with van der Waals surface area (Å²) < 4.78 is 2.06.